The molecule has 0 atom stereocenters. The Balaban J connectivity index is 1.88. The van der Waals surface area contributed by atoms with Crippen molar-refractivity contribution in [1.82, 2.24) is 18.6 Å². The molecule has 0 unspecified atom stereocenters. The lowest BCUT2D eigenvalue weighted by atomic mass is 10.3. The summed E-state index contributed by atoms with van der Waals surface area (Å²) in [6.07, 6.45) is 1.61. The Morgan fingerprint density at radius 1 is 1.04 bits per heavy atom. The quantitative estimate of drug-likeness (QED) is 0.846. The van der Waals surface area contributed by atoms with Crippen molar-refractivity contribution in [3.8, 4) is 0 Å². The molecule has 132 valence electrons. The summed E-state index contributed by atoms with van der Waals surface area (Å²) in [7, 11) is -6.98. The molecule has 10 heteroatoms. The van der Waals surface area contributed by atoms with Crippen LogP contribution in [0.4, 0.5) is 0 Å². The molecule has 0 saturated carbocycles. The average molecular weight is 372 g/mol. The third kappa shape index (κ3) is 3.32. The molecule has 0 aliphatic carbocycles. The summed E-state index contributed by atoms with van der Waals surface area (Å²) in [4.78, 5) is 7.48. The third-order valence-electron chi connectivity index (χ3n) is 4.09. The van der Waals surface area contributed by atoms with Gasteiger partial charge in [0.15, 0.2) is 0 Å². The standard InChI is InChI=1S/C14H20N4O4S2/c1-11-15-13-5-4-12(10-14(13)16-11)24(21,22)18-7-3-6-17(8-9-18)23(2,19)20/h4-5,10H,3,6-9H2,1-2H3,(H,15,16). The van der Waals surface area contributed by atoms with Crippen LogP contribution < -0.4 is 0 Å². The summed E-state index contributed by atoms with van der Waals surface area (Å²) < 4.78 is 51.7. The van der Waals surface area contributed by atoms with E-state index in [-0.39, 0.29) is 18.0 Å². The van der Waals surface area contributed by atoms with Gasteiger partial charge in [-0.1, -0.05) is 0 Å². The minimum atomic E-state index is -3.67. The van der Waals surface area contributed by atoms with E-state index >= 15 is 0 Å². The van der Waals surface area contributed by atoms with Crippen molar-refractivity contribution < 1.29 is 16.8 Å². The summed E-state index contributed by atoms with van der Waals surface area (Å²) in [5.74, 6) is 0.720. The van der Waals surface area contributed by atoms with E-state index in [1.807, 2.05) is 6.92 Å². The van der Waals surface area contributed by atoms with E-state index in [0.29, 0.717) is 30.5 Å². The smallest absolute Gasteiger partial charge is 0.243 e. The normalized spacial score (nSPS) is 18.8. The van der Waals surface area contributed by atoms with Gasteiger partial charge in [-0.3, -0.25) is 0 Å². The first-order valence-electron chi connectivity index (χ1n) is 7.59. The Morgan fingerprint density at radius 3 is 2.42 bits per heavy atom. The summed E-state index contributed by atoms with van der Waals surface area (Å²) in [5.41, 5.74) is 1.38. The van der Waals surface area contributed by atoms with Crippen molar-refractivity contribution in [2.24, 2.45) is 0 Å². The van der Waals surface area contributed by atoms with Crippen LogP contribution in [-0.2, 0) is 20.0 Å². The molecule has 0 bridgehead atoms. The summed E-state index contributed by atoms with van der Waals surface area (Å²) in [6.45, 7) is 2.76. The van der Waals surface area contributed by atoms with Gasteiger partial charge in [0.05, 0.1) is 22.2 Å². The van der Waals surface area contributed by atoms with Crippen molar-refractivity contribution >= 4 is 31.1 Å². The molecule has 0 radical (unpaired) electrons. The molecule has 1 saturated heterocycles. The SMILES string of the molecule is Cc1nc2ccc(S(=O)(=O)N3CCCN(S(C)(=O)=O)CC3)cc2[nH]1. The number of H-pyrrole nitrogens is 1. The predicted molar refractivity (Wildman–Crippen MR) is 90.6 cm³/mol. The number of aromatic amines is 1. The molecule has 2 aromatic rings. The van der Waals surface area contributed by atoms with Crippen molar-refractivity contribution in [2.45, 2.75) is 18.2 Å². The van der Waals surface area contributed by atoms with Gasteiger partial charge in [-0.05, 0) is 31.5 Å². The fourth-order valence-corrected chi connectivity index (χ4v) is 5.24. The maximum absolute atomic E-state index is 12.9. The van der Waals surface area contributed by atoms with Gasteiger partial charge in [0.25, 0.3) is 0 Å². The lowest BCUT2D eigenvalue weighted by molar-refractivity contribution is 0.406. The molecular formula is C14H20N4O4S2. The van der Waals surface area contributed by atoms with Crippen LogP contribution in [0, 0.1) is 6.92 Å². The first kappa shape index (κ1) is 17.3. The van der Waals surface area contributed by atoms with Gasteiger partial charge in [-0.25, -0.2) is 26.1 Å². The van der Waals surface area contributed by atoms with Gasteiger partial charge >= 0.3 is 0 Å². The zero-order chi connectivity index (χ0) is 17.5. The first-order valence-corrected chi connectivity index (χ1v) is 10.9. The minimum absolute atomic E-state index is 0.148. The Labute approximate surface area is 141 Å². The maximum atomic E-state index is 12.9. The Hall–Kier alpha value is -1.49. The van der Waals surface area contributed by atoms with Crippen LogP contribution in [0.3, 0.4) is 0 Å². The molecule has 1 aromatic carbocycles. The fourth-order valence-electron chi connectivity index (χ4n) is 2.87. The van der Waals surface area contributed by atoms with Gasteiger partial charge in [0, 0.05) is 26.2 Å². The van der Waals surface area contributed by atoms with Gasteiger partial charge in [0.2, 0.25) is 20.0 Å². The average Bonchev–Trinajstić information content (AvgIpc) is 2.70. The number of imidazole rings is 1. The van der Waals surface area contributed by atoms with Gasteiger partial charge in [0.1, 0.15) is 5.82 Å². The largest absolute Gasteiger partial charge is 0.342 e. The van der Waals surface area contributed by atoms with Crippen LogP contribution in [0.15, 0.2) is 23.1 Å². The molecule has 0 spiro atoms. The molecule has 1 aromatic heterocycles. The van der Waals surface area contributed by atoms with E-state index < -0.39 is 20.0 Å². The zero-order valence-corrected chi connectivity index (χ0v) is 15.2. The molecule has 0 amide bonds. The van der Waals surface area contributed by atoms with E-state index in [2.05, 4.69) is 9.97 Å². The maximum Gasteiger partial charge on any atom is 0.243 e. The number of nitrogens with one attached hydrogen (secondary N) is 1. The number of aryl methyl sites for hydroxylation is 1. The van der Waals surface area contributed by atoms with E-state index in [4.69, 9.17) is 0 Å². The minimum Gasteiger partial charge on any atom is -0.342 e. The summed E-state index contributed by atoms with van der Waals surface area (Å²) in [5, 5.41) is 0. The number of benzene rings is 1. The van der Waals surface area contributed by atoms with Crippen LogP contribution in [0.1, 0.15) is 12.2 Å². The predicted octanol–water partition coefficient (Wildman–Crippen LogP) is 0.527. The third-order valence-corrected chi connectivity index (χ3v) is 7.29. The van der Waals surface area contributed by atoms with Crippen molar-refractivity contribution in [2.75, 3.05) is 32.4 Å². The summed E-state index contributed by atoms with van der Waals surface area (Å²) >= 11 is 0. The first-order chi connectivity index (χ1) is 11.2. The summed E-state index contributed by atoms with van der Waals surface area (Å²) in [6, 6.07) is 4.79. The van der Waals surface area contributed by atoms with E-state index in [1.165, 1.54) is 14.7 Å². The second-order valence-corrected chi connectivity index (χ2v) is 9.84. The van der Waals surface area contributed by atoms with Crippen molar-refractivity contribution in [3.05, 3.63) is 24.0 Å². The lowest BCUT2D eigenvalue weighted by Gasteiger charge is -2.20. The van der Waals surface area contributed by atoms with Gasteiger partial charge < -0.3 is 4.98 Å². The highest BCUT2D eigenvalue weighted by Gasteiger charge is 2.29. The highest BCUT2D eigenvalue weighted by molar-refractivity contribution is 7.89. The number of fused-ring (bicyclic) bond motifs is 1. The highest BCUT2D eigenvalue weighted by atomic mass is 32.2. The van der Waals surface area contributed by atoms with Crippen LogP contribution in [0.25, 0.3) is 11.0 Å². The molecule has 1 N–H and O–H groups in total. The molecule has 3 rings (SSSR count). The number of sulfonamides is 2. The molecule has 1 aliphatic heterocycles. The lowest BCUT2D eigenvalue weighted by Crippen LogP contribution is -2.36. The fraction of sp³-hybridized carbons (Fsp3) is 0.500. The Kier molecular flexibility index (Phi) is 4.41. The van der Waals surface area contributed by atoms with Crippen LogP contribution in [-0.4, -0.2) is 67.8 Å². The highest BCUT2D eigenvalue weighted by Crippen LogP contribution is 2.22. The van der Waals surface area contributed by atoms with Crippen LogP contribution >= 0.6 is 0 Å². The molecule has 2 heterocycles. The Morgan fingerprint density at radius 2 is 1.71 bits per heavy atom. The number of hydrogen-bond donors (Lipinski definition) is 1. The molecule has 24 heavy (non-hydrogen) atoms. The molecule has 1 aliphatic rings. The van der Waals surface area contributed by atoms with Crippen LogP contribution in [0.2, 0.25) is 0 Å². The number of hydrogen-bond acceptors (Lipinski definition) is 5. The number of nitrogens with zero attached hydrogens (tertiary/aromatic N) is 3. The Bertz CT molecular complexity index is 966. The second-order valence-electron chi connectivity index (χ2n) is 5.92. The van der Waals surface area contributed by atoms with Crippen molar-refractivity contribution in [1.29, 1.82) is 0 Å². The zero-order valence-electron chi connectivity index (χ0n) is 13.6. The second kappa shape index (κ2) is 6.10. The van der Waals surface area contributed by atoms with E-state index in [0.717, 1.165) is 12.1 Å². The van der Waals surface area contributed by atoms with E-state index in [1.54, 1.807) is 12.1 Å². The number of aromatic nitrogens is 2. The van der Waals surface area contributed by atoms with Gasteiger partial charge in [-0.15, -0.1) is 0 Å². The monoisotopic (exact) mass is 372 g/mol. The molecule has 1 fully saturated rings. The molecule has 8 nitrogen and oxygen atoms in total. The topological polar surface area (TPSA) is 103 Å². The number of rotatable bonds is 3. The van der Waals surface area contributed by atoms with Gasteiger partial charge in [-0.2, -0.15) is 4.31 Å². The van der Waals surface area contributed by atoms with Crippen LogP contribution in [0.5, 0.6) is 0 Å². The van der Waals surface area contributed by atoms with Crippen molar-refractivity contribution in [3.63, 3.8) is 0 Å². The molecular weight excluding hydrogens is 352 g/mol. The van der Waals surface area contributed by atoms with E-state index in [9.17, 15) is 16.8 Å².